The smallest absolute Gasteiger partial charge is 0.183 e. The lowest BCUT2D eigenvalue weighted by atomic mass is 10.2. The number of hydrogen-bond acceptors (Lipinski definition) is 6. The summed E-state index contributed by atoms with van der Waals surface area (Å²) in [7, 11) is -0.00303. The van der Waals surface area contributed by atoms with E-state index in [1.54, 1.807) is 0 Å². The van der Waals surface area contributed by atoms with Gasteiger partial charge in [-0.3, -0.25) is 4.90 Å². The first kappa shape index (κ1) is 13.9. The molecule has 0 spiro atoms. The van der Waals surface area contributed by atoms with Crippen molar-refractivity contribution in [1.29, 1.82) is 0 Å². The lowest BCUT2D eigenvalue weighted by Crippen LogP contribution is -2.46. The molecule has 2 aliphatic rings. The number of aromatic nitrogens is 2. The maximum atomic E-state index is 5.60. The van der Waals surface area contributed by atoms with Gasteiger partial charge in [-0.15, -0.1) is 10.5 Å². The average molecular weight is 295 g/mol. The Morgan fingerprint density at radius 1 is 1.55 bits per heavy atom. The van der Waals surface area contributed by atoms with Crippen LogP contribution < -0.4 is 10.9 Å². The van der Waals surface area contributed by atoms with Crippen molar-refractivity contribution in [2.45, 2.75) is 31.3 Å². The lowest BCUT2D eigenvalue weighted by Gasteiger charge is -2.35. The van der Waals surface area contributed by atoms with E-state index in [4.69, 9.17) is 4.74 Å². The van der Waals surface area contributed by atoms with Gasteiger partial charge in [-0.1, -0.05) is 5.37 Å². The van der Waals surface area contributed by atoms with Gasteiger partial charge in [0.25, 0.3) is 0 Å². The van der Waals surface area contributed by atoms with Crippen molar-refractivity contribution in [2.75, 3.05) is 31.4 Å². The molecule has 3 rings (SSSR count). The molecule has 110 valence electrons. The molecule has 1 aromatic rings. The highest BCUT2D eigenvalue weighted by atomic mass is 32.2. The van der Waals surface area contributed by atoms with E-state index in [1.807, 2.05) is 13.1 Å². The molecule has 7 heteroatoms. The summed E-state index contributed by atoms with van der Waals surface area (Å²) in [6.07, 6.45) is 4.48. The van der Waals surface area contributed by atoms with Crippen molar-refractivity contribution >= 4 is 21.7 Å². The summed E-state index contributed by atoms with van der Waals surface area (Å²) in [5.41, 5.74) is 7.62. The first-order valence-corrected chi connectivity index (χ1v) is 8.57. The molecule has 0 aliphatic carbocycles. The van der Waals surface area contributed by atoms with Gasteiger partial charge < -0.3 is 10.2 Å². The third-order valence-electron chi connectivity index (χ3n) is 3.70. The molecule has 3 heterocycles. The highest BCUT2D eigenvalue weighted by Crippen LogP contribution is 2.31. The molecule has 6 nitrogen and oxygen atoms in total. The van der Waals surface area contributed by atoms with Crippen LogP contribution in [0.25, 0.3) is 0 Å². The Morgan fingerprint density at radius 3 is 3.15 bits per heavy atom. The van der Waals surface area contributed by atoms with Crippen molar-refractivity contribution in [1.82, 2.24) is 20.3 Å². The van der Waals surface area contributed by atoms with E-state index < -0.39 is 0 Å². The summed E-state index contributed by atoms with van der Waals surface area (Å²) in [6.45, 7) is 6.77. The third kappa shape index (κ3) is 2.58. The van der Waals surface area contributed by atoms with E-state index in [2.05, 4.69) is 44.3 Å². The van der Waals surface area contributed by atoms with Crippen molar-refractivity contribution in [2.24, 2.45) is 0 Å². The molecule has 0 amide bonds. The van der Waals surface area contributed by atoms with E-state index in [-0.39, 0.29) is 22.8 Å². The van der Waals surface area contributed by atoms with Crippen LogP contribution in [0.3, 0.4) is 0 Å². The van der Waals surface area contributed by atoms with Gasteiger partial charge in [0.2, 0.25) is 0 Å². The quantitative estimate of drug-likeness (QED) is 0.631. The molecule has 2 aliphatic heterocycles. The van der Waals surface area contributed by atoms with E-state index in [0.717, 1.165) is 36.2 Å². The fraction of sp³-hybridized carbons (Fsp3) is 0.615. The van der Waals surface area contributed by atoms with Crippen molar-refractivity contribution < 1.29 is 4.74 Å². The summed E-state index contributed by atoms with van der Waals surface area (Å²) in [5, 5.41) is 3.02. The minimum atomic E-state index is -0.00303. The summed E-state index contributed by atoms with van der Waals surface area (Å²) in [6, 6.07) is 0. The number of morpholine rings is 1. The largest absolute Gasteiger partial charge is 0.376 e. The summed E-state index contributed by atoms with van der Waals surface area (Å²) >= 11 is 0. The van der Waals surface area contributed by atoms with E-state index in [9.17, 15) is 0 Å². The molecule has 20 heavy (non-hydrogen) atoms. The Kier molecular flexibility index (Phi) is 4.02. The molecular weight excluding hydrogens is 274 g/mol. The number of hydrazine groups is 1. The Labute approximate surface area is 121 Å². The summed E-state index contributed by atoms with van der Waals surface area (Å²) in [4.78, 5) is 11.5. The normalized spacial score (nSPS) is 28.1. The van der Waals surface area contributed by atoms with Gasteiger partial charge in [0.15, 0.2) is 11.0 Å². The number of nitrogens with zero attached hydrogens (tertiary/aromatic N) is 3. The standard InChI is InChI=1S/C13H21N5OS/c1-4-20(3)13-14-7-10-11(15-13)16-17-12(10)18-5-6-19-9(2)8-18/h4,7,9,12,17H,5-6,8H2,1-3H3,(H,14,15,16). The number of rotatable bonds is 2. The highest BCUT2D eigenvalue weighted by molar-refractivity contribution is 8.14. The molecule has 2 N–H and O–H groups in total. The monoisotopic (exact) mass is 295 g/mol. The molecule has 1 fully saturated rings. The van der Waals surface area contributed by atoms with Crippen LogP contribution in [0.15, 0.2) is 11.4 Å². The molecule has 3 unspecified atom stereocenters. The topological polar surface area (TPSA) is 62.3 Å². The number of nitrogens with one attached hydrogen (secondary N) is 2. The molecule has 1 saturated heterocycles. The van der Waals surface area contributed by atoms with E-state index in [1.165, 1.54) is 0 Å². The number of hydrogen-bond donors (Lipinski definition) is 2. The third-order valence-corrected chi connectivity index (χ3v) is 5.18. The summed E-state index contributed by atoms with van der Waals surface area (Å²) < 4.78 is 5.60. The second kappa shape index (κ2) is 5.77. The van der Waals surface area contributed by atoms with Crippen LogP contribution in [0.2, 0.25) is 0 Å². The van der Waals surface area contributed by atoms with Gasteiger partial charge in [0.1, 0.15) is 6.17 Å². The number of fused-ring (bicyclic) bond motifs is 1. The minimum Gasteiger partial charge on any atom is -0.376 e. The van der Waals surface area contributed by atoms with Gasteiger partial charge in [-0.05, 0) is 20.1 Å². The zero-order valence-corrected chi connectivity index (χ0v) is 12.9. The Morgan fingerprint density at radius 2 is 2.40 bits per heavy atom. The first-order chi connectivity index (χ1) is 9.69. The zero-order valence-electron chi connectivity index (χ0n) is 12.1. The Balaban J connectivity index is 1.83. The number of ether oxygens (including phenoxy) is 1. The van der Waals surface area contributed by atoms with E-state index in [0.29, 0.717) is 0 Å². The highest BCUT2D eigenvalue weighted by Gasteiger charge is 2.31. The summed E-state index contributed by atoms with van der Waals surface area (Å²) in [5.74, 6) is 0.903. The molecule has 0 bridgehead atoms. The maximum absolute atomic E-state index is 5.60. The first-order valence-electron chi connectivity index (χ1n) is 6.87. The predicted molar refractivity (Wildman–Crippen MR) is 82.0 cm³/mol. The van der Waals surface area contributed by atoms with Gasteiger partial charge in [0, 0.05) is 24.8 Å². The molecule has 0 aromatic carbocycles. The lowest BCUT2D eigenvalue weighted by molar-refractivity contribution is -0.0376. The van der Waals surface area contributed by atoms with Crippen LogP contribution in [0.1, 0.15) is 25.6 Å². The predicted octanol–water partition coefficient (Wildman–Crippen LogP) is 1.21. The fourth-order valence-electron chi connectivity index (χ4n) is 2.52. The van der Waals surface area contributed by atoms with Gasteiger partial charge in [-0.2, -0.15) is 0 Å². The maximum Gasteiger partial charge on any atom is 0.183 e. The second-order valence-corrected chi connectivity index (χ2v) is 7.05. The molecule has 0 radical (unpaired) electrons. The van der Waals surface area contributed by atoms with Crippen LogP contribution >= 0.6 is 10.5 Å². The molecule has 3 atom stereocenters. The van der Waals surface area contributed by atoms with Crippen LogP contribution in [0.5, 0.6) is 0 Å². The molecule has 0 saturated carbocycles. The zero-order chi connectivity index (χ0) is 14.1. The van der Waals surface area contributed by atoms with Gasteiger partial charge in [0.05, 0.1) is 12.7 Å². The van der Waals surface area contributed by atoms with Crippen LogP contribution in [-0.4, -0.2) is 52.3 Å². The SMILES string of the molecule is C/C=S(/C)c1ncc2c(n1)NNC2N1CCOC(C)C1. The second-order valence-electron chi connectivity index (χ2n) is 5.10. The van der Waals surface area contributed by atoms with Crippen molar-refractivity contribution in [3.63, 3.8) is 0 Å². The Hall–Kier alpha value is -1.02. The van der Waals surface area contributed by atoms with Crippen LogP contribution in [0, 0.1) is 0 Å². The fourth-order valence-corrected chi connectivity index (χ4v) is 3.18. The van der Waals surface area contributed by atoms with Gasteiger partial charge in [-0.25, -0.2) is 15.4 Å². The Bertz CT molecular complexity index is 535. The minimum absolute atomic E-state index is 0.00303. The molecule has 1 aromatic heterocycles. The van der Waals surface area contributed by atoms with Crippen molar-refractivity contribution in [3.05, 3.63) is 11.8 Å². The molecular formula is C13H21N5OS. The number of anilines is 1. The van der Waals surface area contributed by atoms with Gasteiger partial charge >= 0.3 is 0 Å². The van der Waals surface area contributed by atoms with Crippen LogP contribution in [-0.2, 0) is 4.74 Å². The van der Waals surface area contributed by atoms with Crippen molar-refractivity contribution in [3.8, 4) is 0 Å². The van der Waals surface area contributed by atoms with E-state index >= 15 is 0 Å². The van der Waals surface area contributed by atoms with Crippen LogP contribution in [0.4, 0.5) is 5.82 Å². The average Bonchev–Trinajstić information content (AvgIpc) is 2.89.